The van der Waals surface area contributed by atoms with E-state index < -0.39 is 6.10 Å². The van der Waals surface area contributed by atoms with E-state index in [0.717, 1.165) is 11.3 Å². The Labute approximate surface area is 140 Å². The number of carbonyl (C=O) groups is 1. The van der Waals surface area contributed by atoms with Gasteiger partial charge in [-0.1, -0.05) is 18.1 Å². The maximum Gasteiger partial charge on any atom is 0.269 e. The molecule has 0 saturated heterocycles. The van der Waals surface area contributed by atoms with Crippen LogP contribution in [0.2, 0.25) is 0 Å². The Hall–Kier alpha value is -3.13. The zero-order valence-corrected chi connectivity index (χ0v) is 13.2. The van der Waals surface area contributed by atoms with Gasteiger partial charge in [0.05, 0.1) is 19.3 Å². The number of phenols is 1. The summed E-state index contributed by atoms with van der Waals surface area (Å²) in [5, 5.41) is 9.65. The molecule has 5 nitrogen and oxygen atoms in total. The van der Waals surface area contributed by atoms with Crippen LogP contribution in [0.4, 0.5) is 5.69 Å². The number of phenolic OH excluding ortho intramolecular Hbond substituents is 1. The molecule has 1 atom stereocenters. The largest absolute Gasteiger partial charge is 0.508 e. The van der Waals surface area contributed by atoms with Crippen molar-refractivity contribution in [1.29, 1.82) is 0 Å². The number of amides is 1. The Bertz CT molecular complexity index is 792. The molecule has 2 aromatic carbocycles. The molecule has 24 heavy (non-hydrogen) atoms. The van der Waals surface area contributed by atoms with Gasteiger partial charge < -0.3 is 14.6 Å². The highest BCUT2D eigenvalue weighted by atomic mass is 16.5. The van der Waals surface area contributed by atoms with Gasteiger partial charge in [0.15, 0.2) is 6.10 Å². The molecule has 1 amide bonds. The van der Waals surface area contributed by atoms with Crippen LogP contribution in [-0.4, -0.2) is 30.8 Å². The van der Waals surface area contributed by atoms with E-state index in [1.54, 1.807) is 13.2 Å². The standard InChI is InChI=1S/C19H17NO4/c1-3-10-20-16-12-14(21)6-9-17(16)24-18(19(20)22)11-13-4-7-15(23-2)8-5-13/h1,4-9,12,18,21H,10-11H2,2H3. The topological polar surface area (TPSA) is 59.0 Å². The predicted octanol–water partition coefficient (Wildman–Crippen LogP) is 2.37. The number of hydrogen-bond donors (Lipinski definition) is 1. The second-order valence-electron chi connectivity index (χ2n) is 5.44. The minimum atomic E-state index is -0.663. The first kappa shape index (κ1) is 15.8. The molecule has 0 aromatic heterocycles. The maximum absolute atomic E-state index is 12.7. The highest BCUT2D eigenvalue weighted by Gasteiger charge is 2.34. The summed E-state index contributed by atoms with van der Waals surface area (Å²) in [6, 6.07) is 12.1. The summed E-state index contributed by atoms with van der Waals surface area (Å²) in [6.07, 6.45) is 5.14. The van der Waals surface area contributed by atoms with Gasteiger partial charge in [0, 0.05) is 12.5 Å². The molecule has 0 spiro atoms. The van der Waals surface area contributed by atoms with Crippen LogP contribution < -0.4 is 14.4 Å². The molecule has 1 unspecified atom stereocenters. The van der Waals surface area contributed by atoms with Crippen molar-refractivity contribution in [3.8, 4) is 29.6 Å². The Balaban J connectivity index is 1.88. The fourth-order valence-corrected chi connectivity index (χ4v) is 2.67. The van der Waals surface area contributed by atoms with Gasteiger partial charge in [-0.25, -0.2) is 0 Å². The quantitative estimate of drug-likeness (QED) is 0.878. The Morgan fingerprint density at radius 3 is 2.71 bits per heavy atom. The lowest BCUT2D eigenvalue weighted by Crippen LogP contribution is -2.47. The Morgan fingerprint density at radius 1 is 1.29 bits per heavy atom. The second-order valence-corrected chi connectivity index (χ2v) is 5.44. The SMILES string of the molecule is C#CCN1C(=O)C(Cc2ccc(OC)cc2)Oc2ccc(O)cc21. The minimum absolute atomic E-state index is 0.0563. The third kappa shape index (κ3) is 2.99. The highest BCUT2D eigenvalue weighted by Crippen LogP contribution is 2.37. The van der Waals surface area contributed by atoms with Crippen molar-refractivity contribution >= 4 is 11.6 Å². The fraction of sp³-hybridized carbons (Fsp3) is 0.211. The number of hydrogen-bond acceptors (Lipinski definition) is 4. The number of carbonyl (C=O) groups excluding carboxylic acids is 1. The molecule has 0 bridgehead atoms. The lowest BCUT2D eigenvalue weighted by Gasteiger charge is -2.33. The van der Waals surface area contributed by atoms with Crippen LogP contribution in [0.3, 0.4) is 0 Å². The number of terminal acetylenes is 1. The number of nitrogens with zero attached hydrogens (tertiary/aromatic N) is 1. The summed E-state index contributed by atoms with van der Waals surface area (Å²) in [7, 11) is 1.60. The van der Waals surface area contributed by atoms with Crippen LogP contribution in [0.25, 0.3) is 0 Å². The lowest BCUT2D eigenvalue weighted by atomic mass is 10.0. The lowest BCUT2D eigenvalue weighted by molar-refractivity contribution is -0.126. The van der Waals surface area contributed by atoms with Crippen molar-refractivity contribution in [2.75, 3.05) is 18.6 Å². The van der Waals surface area contributed by atoms with Crippen LogP contribution in [0.5, 0.6) is 17.2 Å². The smallest absolute Gasteiger partial charge is 0.269 e. The maximum atomic E-state index is 12.7. The molecule has 3 rings (SSSR count). The summed E-state index contributed by atoms with van der Waals surface area (Å²) >= 11 is 0. The first-order valence-electron chi connectivity index (χ1n) is 7.50. The van der Waals surface area contributed by atoms with Crippen LogP contribution >= 0.6 is 0 Å². The average molecular weight is 323 g/mol. The van der Waals surface area contributed by atoms with Crippen molar-refractivity contribution in [2.24, 2.45) is 0 Å². The van der Waals surface area contributed by atoms with Gasteiger partial charge in [0.25, 0.3) is 5.91 Å². The number of methoxy groups -OCH3 is 1. The van der Waals surface area contributed by atoms with E-state index in [1.807, 2.05) is 24.3 Å². The van der Waals surface area contributed by atoms with E-state index in [1.165, 1.54) is 17.0 Å². The Kier molecular flexibility index (Phi) is 4.30. The minimum Gasteiger partial charge on any atom is -0.508 e. The van der Waals surface area contributed by atoms with E-state index in [-0.39, 0.29) is 18.2 Å². The summed E-state index contributed by atoms with van der Waals surface area (Å²) < 4.78 is 11.0. The van der Waals surface area contributed by atoms with Gasteiger partial charge in [-0.2, -0.15) is 0 Å². The summed E-state index contributed by atoms with van der Waals surface area (Å²) in [5.74, 6) is 3.60. The Morgan fingerprint density at radius 2 is 2.04 bits per heavy atom. The third-order valence-electron chi connectivity index (χ3n) is 3.87. The van der Waals surface area contributed by atoms with Crippen molar-refractivity contribution in [3.05, 3.63) is 48.0 Å². The van der Waals surface area contributed by atoms with Gasteiger partial charge in [0.1, 0.15) is 17.2 Å². The monoisotopic (exact) mass is 323 g/mol. The highest BCUT2D eigenvalue weighted by molar-refractivity contribution is 6.00. The molecule has 1 heterocycles. The number of benzene rings is 2. The number of aromatic hydroxyl groups is 1. The molecule has 1 aliphatic heterocycles. The zero-order chi connectivity index (χ0) is 17.1. The van der Waals surface area contributed by atoms with Gasteiger partial charge in [-0.3, -0.25) is 9.69 Å². The molecule has 0 fully saturated rings. The third-order valence-corrected chi connectivity index (χ3v) is 3.87. The van der Waals surface area contributed by atoms with Crippen LogP contribution in [0, 0.1) is 12.3 Å². The first-order valence-corrected chi connectivity index (χ1v) is 7.50. The molecule has 1 N–H and O–H groups in total. The van der Waals surface area contributed by atoms with Crippen LogP contribution in [-0.2, 0) is 11.2 Å². The average Bonchev–Trinajstić information content (AvgIpc) is 2.60. The van der Waals surface area contributed by atoms with E-state index in [0.29, 0.717) is 17.9 Å². The molecule has 0 saturated carbocycles. The molecule has 1 aliphatic rings. The van der Waals surface area contributed by atoms with E-state index in [9.17, 15) is 9.90 Å². The zero-order valence-electron chi connectivity index (χ0n) is 13.2. The molecule has 122 valence electrons. The number of fused-ring (bicyclic) bond motifs is 1. The van der Waals surface area contributed by atoms with E-state index >= 15 is 0 Å². The number of rotatable bonds is 4. The molecular weight excluding hydrogens is 306 g/mol. The van der Waals surface area contributed by atoms with Crippen LogP contribution in [0.1, 0.15) is 5.56 Å². The van der Waals surface area contributed by atoms with Crippen molar-refractivity contribution in [3.63, 3.8) is 0 Å². The number of anilines is 1. The van der Waals surface area contributed by atoms with Crippen molar-refractivity contribution < 1.29 is 19.4 Å². The number of ether oxygens (including phenoxy) is 2. The molecule has 5 heteroatoms. The molecule has 2 aromatic rings. The molecular formula is C19H17NO4. The molecule has 0 aliphatic carbocycles. The van der Waals surface area contributed by atoms with Gasteiger partial charge in [-0.05, 0) is 29.8 Å². The summed E-state index contributed by atoms with van der Waals surface area (Å²) in [6.45, 7) is 0.123. The predicted molar refractivity (Wildman–Crippen MR) is 90.4 cm³/mol. The van der Waals surface area contributed by atoms with Crippen molar-refractivity contribution in [1.82, 2.24) is 0 Å². The van der Waals surface area contributed by atoms with E-state index in [2.05, 4.69) is 5.92 Å². The first-order chi connectivity index (χ1) is 11.6. The second kappa shape index (κ2) is 6.55. The van der Waals surface area contributed by atoms with E-state index in [4.69, 9.17) is 15.9 Å². The fourth-order valence-electron chi connectivity index (χ4n) is 2.67. The van der Waals surface area contributed by atoms with Crippen LogP contribution in [0.15, 0.2) is 42.5 Å². The summed E-state index contributed by atoms with van der Waals surface area (Å²) in [5.41, 5.74) is 1.45. The van der Waals surface area contributed by atoms with Gasteiger partial charge in [-0.15, -0.1) is 6.42 Å². The normalized spacial score (nSPS) is 16.1. The van der Waals surface area contributed by atoms with Crippen molar-refractivity contribution in [2.45, 2.75) is 12.5 Å². The molecule has 0 radical (unpaired) electrons. The van der Waals surface area contributed by atoms with Gasteiger partial charge >= 0.3 is 0 Å². The summed E-state index contributed by atoms with van der Waals surface area (Å²) in [4.78, 5) is 14.2. The van der Waals surface area contributed by atoms with Gasteiger partial charge in [0.2, 0.25) is 0 Å².